The van der Waals surface area contributed by atoms with Gasteiger partial charge in [-0.3, -0.25) is 4.57 Å². The van der Waals surface area contributed by atoms with Crippen LogP contribution in [0.2, 0.25) is 0 Å². The molecule has 0 saturated carbocycles. The maximum Gasteiger partial charge on any atom is 0.268 e. The van der Waals surface area contributed by atoms with Crippen LogP contribution in [0.5, 0.6) is 0 Å². The minimum atomic E-state index is -4.41. The van der Waals surface area contributed by atoms with E-state index in [1.54, 1.807) is 0 Å². The van der Waals surface area contributed by atoms with E-state index in [1.165, 1.54) is 0 Å². The summed E-state index contributed by atoms with van der Waals surface area (Å²) in [5.74, 6) is 0. The van der Waals surface area contributed by atoms with Gasteiger partial charge in [-0.15, -0.1) is 0 Å². The van der Waals surface area contributed by atoms with Crippen LogP contribution in [0, 0.1) is 0 Å². The molecule has 2 unspecified atom stereocenters. The molecule has 0 aromatic carbocycles. The molecule has 0 aliphatic rings. The number of aliphatic hydroxyl groups is 1. The van der Waals surface area contributed by atoms with Gasteiger partial charge in [0.15, 0.2) is 0 Å². The summed E-state index contributed by atoms with van der Waals surface area (Å²) >= 11 is 0. The number of unbranched alkanes of at least 4 members (excludes halogenated alkanes) is 2. The lowest BCUT2D eigenvalue weighted by molar-refractivity contribution is -0.870. The molecule has 0 aromatic rings. The Balaban J connectivity index is 3.62. The van der Waals surface area contributed by atoms with Crippen LogP contribution < -0.4 is 4.89 Å². The highest BCUT2D eigenvalue weighted by molar-refractivity contribution is 7.45. The molecule has 0 amide bonds. The van der Waals surface area contributed by atoms with Crippen LogP contribution in [0.15, 0.2) is 60.8 Å². The van der Waals surface area contributed by atoms with Crippen molar-refractivity contribution in [2.24, 2.45) is 0 Å². The van der Waals surface area contributed by atoms with E-state index >= 15 is 0 Å². The summed E-state index contributed by atoms with van der Waals surface area (Å²) in [4.78, 5) is 11.7. The van der Waals surface area contributed by atoms with Gasteiger partial charge in [0, 0.05) is 6.61 Å². The first kappa shape index (κ1) is 34.7. The van der Waals surface area contributed by atoms with Crippen molar-refractivity contribution >= 4 is 7.82 Å². The van der Waals surface area contributed by atoms with Crippen molar-refractivity contribution in [3.63, 3.8) is 0 Å². The smallest absolute Gasteiger partial charge is 0.268 e. The Kier molecular flexibility index (Phi) is 22.0. The number of phosphoric ester groups is 1. The van der Waals surface area contributed by atoms with Crippen LogP contribution in [0.25, 0.3) is 0 Å². The predicted octanol–water partition coefficient (Wildman–Crippen LogP) is 5.49. The molecule has 36 heavy (non-hydrogen) atoms. The van der Waals surface area contributed by atoms with Gasteiger partial charge in [0.25, 0.3) is 7.82 Å². The van der Waals surface area contributed by atoms with Crippen LogP contribution in [0.3, 0.4) is 0 Å². The number of quaternary nitrogens is 1. The number of hydrogen-bond acceptors (Lipinski definition) is 6. The second kappa shape index (κ2) is 22.9. The van der Waals surface area contributed by atoms with Gasteiger partial charge in [-0.05, 0) is 51.4 Å². The number of rotatable bonds is 23. The number of aliphatic hydroxyl groups excluding tert-OH is 1. The minimum absolute atomic E-state index is 0.0283. The first-order valence-electron chi connectivity index (χ1n) is 13.1. The number of phosphoric acid groups is 1. The molecular weight excluding hydrogens is 477 g/mol. The molecule has 0 aliphatic carbocycles. The Labute approximate surface area is 220 Å². The van der Waals surface area contributed by atoms with Crippen LogP contribution in [-0.2, 0) is 18.3 Å². The fourth-order valence-electron chi connectivity index (χ4n) is 2.74. The Morgan fingerprint density at radius 3 is 1.83 bits per heavy atom. The standard InChI is InChI=1S/C28H50NO6P/c1-5-6-7-8-9-10-11-12-13-14-15-16-17-18-19-20-21-22-24-33-26-28(30)27-35-36(31,32)34-25-23-29(2,3)4/h6-7,9-10,12-13,15-16,18-19,28,30H,5,8,11,14,17,20-27H2,1-4H3/b7-6-,10-9-,13-12-,16-15-,19-18-. The summed E-state index contributed by atoms with van der Waals surface area (Å²) in [6.45, 7) is 2.88. The SMILES string of the molecule is CC/C=C\C/C=C\C/C=C\C/C=C\C/C=C\CCCCOCC(O)COP(=O)([O-])OCC[N+](C)(C)C. The summed E-state index contributed by atoms with van der Waals surface area (Å²) in [5.41, 5.74) is 0. The number of nitrogens with zero attached hydrogens (tertiary/aromatic N) is 1. The lowest BCUT2D eigenvalue weighted by Gasteiger charge is -2.27. The van der Waals surface area contributed by atoms with Gasteiger partial charge in [0.1, 0.15) is 19.3 Å². The molecule has 8 heteroatoms. The summed E-state index contributed by atoms with van der Waals surface area (Å²) in [7, 11) is 1.40. The van der Waals surface area contributed by atoms with Gasteiger partial charge in [-0.25, -0.2) is 0 Å². The van der Waals surface area contributed by atoms with Gasteiger partial charge in [0.2, 0.25) is 0 Å². The van der Waals surface area contributed by atoms with Crippen LogP contribution in [-0.4, -0.2) is 69.8 Å². The highest BCUT2D eigenvalue weighted by atomic mass is 31.2. The summed E-state index contributed by atoms with van der Waals surface area (Å²) in [5, 5.41) is 9.82. The summed E-state index contributed by atoms with van der Waals surface area (Å²) in [6, 6.07) is 0. The number of allylic oxidation sites excluding steroid dienone is 10. The molecule has 0 bridgehead atoms. The Morgan fingerprint density at radius 1 is 0.778 bits per heavy atom. The maximum atomic E-state index is 11.7. The van der Waals surface area contributed by atoms with Gasteiger partial charge < -0.3 is 28.3 Å². The van der Waals surface area contributed by atoms with Crippen molar-refractivity contribution in [2.45, 2.75) is 64.4 Å². The zero-order chi connectivity index (χ0) is 27.0. The van der Waals surface area contributed by atoms with Crippen molar-refractivity contribution in [1.29, 1.82) is 0 Å². The Morgan fingerprint density at radius 2 is 1.31 bits per heavy atom. The largest absolute Gasteiger partial charge is 0.756 e. The molecule has 7 nitrogen and oxygen atoms in total. The molecule has 0 radical (unpaired) electrons. The van der Waals surface area contributed by atoms with E-state index in [-0.39, 0.29) is 19.8 Å². The number of ether oxygens (including phenoxy) is 1. The Hall–Kier alpha value is -1.31. The topological polar surface area (TPSA) is 88.0 Å². The van der Waals surface area contributed by atoms with E-state index in [0.717, 1.165) is 51.4 Å². The average molecular weight is 528 g/mol. The second-order valence-electron chi connectivity index (χ2n) is 9.52. The molecular formula is C28H50NO6P. The molecule has 0 saturated heterocycles. The lowest BCUT2D eigenvalue weighted by Crippen LogP contribution is -2.37. The van der Waals surface area contributed by atoms with Crippen molar-refractivity contribution in [1.82, 2.24) is 0 Å². The monoisotopic (exact) mass is 527 g/mol. The molecule has 0 rings (SSSR count). The van der Waals surface area contributed by atoms with Crippen molar-refractivity contribution < 1.29 is 32.8 Å². The summed E-state index contributed by atoms with van der Waals surface area (Å²) < 4.78 is 27.2. The van der Waals surface area contributed by atoms with Crippen molar-refractivity contribution in [2.75, 3.05) is 54.1 Å². The van der Waals surface area contributed by atoms with Crippen LogP contribution >= 0.6 is 7.82 Å². The van der Waals surface area contributed by atoms with Crippen LogP contribution in [0.4, 0.5) is 0 Å². The maximum absolute atomic E-state index is 11.7. The van der Waals surface area contributed by atoms with Gasteiger partial charge >= 0.3 is 0 Å². The third-order valence-corrected chi connectivity index (χ3v) is 5.78. The third-order valence-electron chi connectivity index (χ3n) is 4.81. The second-order valence-corrected chi connectivity index (χ2v) is 10.9. The molecule has 0 aliphatic heterocycles. The highest BCUT2D eigenvalue weighted by Crippen LogP contribution is 2.38. The Bertz CT molecular complexity index is 709. The molecule has 1 N–H and O–H groups in total. The van der Waals surface area contributed by atoms with Gasteiger partial charge in [-0.2, -0.15) is 0 Å². The van der Waals surface area contributed by atoms with Gasteiger partial charge in [0.05, 0.1) is 34.4 Å². The van der Waals surface area contributed by atoms with E-state index in [0.29, 0.717) is 17.6 Å². The zero-order valence-electron chi connectivity index (χ0n) is 22.9. The van der Waals surface area contributed by atoms with Crippen molar-refractivity contribution in [3.8, 4) is 0 Å². The molecule has 0 spiro atoms. The van der Waals surface area contributed by atoms with Crippen LogP contribution in [0.1, 0.15) is 58.3 Å². The molecule has 0 aromatic heterocycles. The molecule has 0 fully saturated rings. The normalized spacial score (nSPS) is 15.8. The predicted molar refractivity (Wildman–Crippen MR) is 148 cm³/mol. The van der Waals surface area contributed by atoms with E-state index in [9.17, 15) is 14.6 Å². The first-order chi connectivity index (χ1) is 17.2. The number of likely N-dealkylation sites (N-methyl/N-ethyl adjacent to an activating group) is 1. The quantitative estimate of drug-likeness (QED) is 0.0818. The van der Waals surface area contributed by atoms with E-state index < -0.39 is 13.9 Å². The summed E-state index contributed by atoms with van der Waals surface area (Å²) in [6.07, 6.45) is 28.7. The third kappa shape index (κ3) is 27.3. The van der Waals surface area contributed by atoms with Gasteiger partial charge in [-0.1, -0.05) is 67.7 Å². The minimum Gasteiger partial charge on any atom is -0.756 e. The lowest BCUT2D eigenvalue weighted by atomic mass is 10.2. The average Bonchev–Trinajstić information content (AvgIpc) is 2.80. The fourth-order valence-corrected chi connectivity index (χ4v) is 3.48. The number of hydrogen-bond donors (Lipinski definition) is 1. The molecule has 208 valence electrons. The first-order valence-corrected chi connectivity index (χ1v) is 14.5. The van der Waals surface area contributed by atoms with Crippen molar-refractivity contribution in [3.05, 3.63) is 60.8 Å². The molecule has 2 atom stereocenters. The van der Waals surface area contributed by atoms with E-state index in [1.807, 2.05) is 21.1 Å². The van der Waals surface area contributed by atoms with E-state index in [4.69, 9.17) is 13.8 Å². The fraction of sp³-hybridized carbons (Fsp3) is 0.643. The highest BCUT2D eigenvalue weighted by Gasteiger charge is 2.15. The zero-order valence-corrected chi connectivity index (χ0v) is 23.8. The molecule has 0 heterocycles. The van der Waals surface area contributed by atoms with E-state index in [2.05, 4.69) is 67.7 Å².